The largest absolute Gasteiger partial charge is 0.298 e. The lowest BCUT2D eigenvalue weighted by Crippen LogP contribution is -2.13. The summed E-state index contributed by atoms with van der Waals surface area (Å²) in [5, 5.41) is 8.77. The third-order valence-corrected chi connectivity index (χ3v) is 6.47. The summed E-state index contributed by atoms with van der Waals surface area (Å²) >= 11 is 1.45. The molecule has 2 aromatic carbocycles. The minimum atomic E-state index is -0.243. The van der Waals surface area contributed by atoms with E-state index < -0.39 is 0 Å². The molecular weight excluding hydrogens is 444 g/mol. The lowest BCUT2D eigenvalue weighted by atomic mass is 10.1. The fraction of sp³-hybridized carbons (Fsp3) is 0.0385. The van der Waals surface area contributed by atoms with Crippen molar-refractivity contribution in [2.75, 3.05) is 5.32 Å². The number of carbonyl (C=O) groups is 1. The molecule has 0 aliphatic carbocycles. The number of nitrogens with one attached hydrogen (secondary N) is 1. The molecular formula is C26H18N6OS. The Balaban J connectivity index is 1.44. The molecule has 0 bridgehead atoms. The molecule has 34 heavy (non-hydrogen) atoms. The quantitative estimate of drug-likeness (QED) is 0.371. The van der Waals surface area contributed by atoms with Crippen LogP contribution in [0.3, 0.4) is 0 Å². The lowest BCUT2D eigenvalue weighted by molar-refractivity contribution is 0.102. The van der Waals surface area contributed by atoms with Crippen molar-refractivity contribution in [2.45, 2.75) is 6.54 Å². The van der Waals surface area contributed by atoms with E-state index in [-0.39, 0.29) is 5.91 Å². The number of carbonyl (C=O) groups excluding carboxylic acids is 1. The summed E-state index contributed by atoms with van der Waals surface area (Å²) in [7, 11) is 0. The van der Waals surface area contributed by atoms with Gasteiger partial charge in [-0.3, -0.25) is 15.1 Å². The van der Waals surface area contributed by atoms with E-state index >= 15 is 0 Å². The Kier molecular flexibility index (Phi) is 5.04. The van der Waals surface area contributed by atoms with Crippen molar-refractivity contribution in [1.82, 2.24) is 24.7 Å². The van der Waals surface area contributed by atoms with Crippen molar-refractivity contribution in [1.29, 1.82) is 0 Å². The number of thiazole rings is 1. The molecule has 0 spiro atoms. The highest BCUT2D eigenvalue weighted by Crippen LogP contribution is 2.29. The van der Waals surface area contributed by atoms with Crippen LogP contribution in [0.2, 0.25) is 0 Å². The second kappa shape index (κ2) is 8.49. The molecule has 0 atom stereocenters. The summed E-state index contributed by atoms with van der Waals surface area (Å²) in [6.07, 6.45) is 5.20. The van der Waals surface area contributed by atoms with Crippen LogP contribution in [0.1, 0.15) is 15.9 Å². The van der Waals surface area contributed by atoms with Crippen LogP contribution in [0, 0.1) is 0 Å². The Hall–Kier alpha value is -4.43. The van der Waals surface area contributed by atoms with E-state index in [1.54, 1.807) is 18.6 Å². The van der Waals surface area contributed by atoms with Crippen molar-refractivity contribution in [3.8, 4) is 11.3 Å². The summed E-state index contributed by atoms with van der Waals surface area (Å²) in [5.41, 5.74) is 4.69. The maximum Gasteiger partial charge on any atom is 0.258 e. The van der Waals surface area contributed by atoms with Crippen LogP contribution >= 0.6 is 11.3 Å². The van der Waals surface area contributed by atoms with Gasteiger partial charge in [0.25, 0.3) is 5.91 Å². The monoisotopic (exact) mass is 462 g/mol. The predicted molar refractivity (Wildman–Crippen MR) is 134 cm³/mol. The minimum absolute atomic E-state index is 0.243. The van der Waals surface area contributed by atoms with E-state index in [2.05, 4.69) is 20.4 Å². The van der Waals surface area contributed by atoms with E-state index in [9.17, 15) is 4.79 Å². The van der Waals surface area contributed by atoms with Crippen LogP contribution in [0.5, 0.6) is 0 Å². The summed E-state index contributed by atoms with van der Waals surface area (Å²) in [5.74, 6) is -0.243. The number of benzene rings is 2. The number of nitrogens with zero attached hydrogens (tertiary/aromatic N) is 5. The molecule has 0 saturated carbocycles. The Labute approximate surface area is 198 Å². The maximum absolute atomic E-state index is 13.4. The number of hydrogen-bond donors (Lipinski definition) is 1. The first kappa shape index (κ1) is 20.2. The summed E-state index contributed by atoms with van der Waals surface area (Å²) in [6.45, 7) is 0.524. The molecule has 1 amide bonds. The molecule has 164 valence electrons. The van der Waals surface area contributed by atoms with E-state index in [0.29, 0.717) is 34.0 Å². The topological polar surface area (TPSA) is 85.6 Å². The number of rotatable bonds is 5. The summed E-state index contributed by atoms with van der Waals surface area (Å²) in [6, 6.07) is 23.3. The third-order valence-electron chi connectivity index (χ3n) is 5.52. The number of pyridine rings is 2. The van der Waals surface area contributed by atoms with Gasteiger partial charge in [0.15, 0.2) is 10.8 Å². The highest BCUT2D eigenvalue weighted by molar-refractivity contribution is 7.22. The third kappa shape index (κ3) is 3.80. The SMILES string of the molecule is O=C(Nc1nc2ccccc2s1)c1cc(-c2ccccc2)nc2c1cnn2Cc1ccncc1. The van der Waals surface area contributed by atoms with Gasteiger partial charge < -0.3 is 0 Å². The van der Waals surface area contributed by atoms with E-state index in [0.717, 1.165) is 21.3 Å². The second-order valence-corrected chi connectivity index (χ2v) is 8.79. The van der Waals surface area contributed by atoms with Crippen LogP contribution in [-0.2, 0) is 6.54 Å². The minimum Gasteiger partial charge on any atom is -0.298 e. The van der Waals surface area contributed by atoms with Crippen LogP contribution < -0.4 is 5.32 Å². The molecule has 0 fully saturated rings. The van der Waals surface area contributed by atoms with Gasteiger partial charge in [-0.25, -0.2) is 14.6 Å². The van der Waals surface area contributed by atoms with Crippen LogP contribution in [0.15, 0.2) is 91.4 Å². The highest BCUT2D eigenvalue weighted by Gasteiger charge is 2.19. The molecule has 4 heterocycles. The van der Waals surface area contributed by atoms with Crippen LogP contribution in [-0.4, -0.2) is 30.6 Å². The van der Waals surface area contributed by atoms with Crippen molar-refractivity contribution in [3.05, 3.63) is 103 Å². The van der Waals surface area contributed by atoms with Crippen molar-refractivity contribution < 1.29 is 4.79 Å². The van der Waals surface area contributed by atoms with Gasteiger partial charge in [-0.1, -0.05) is 53.8 Å². The van der Waals surface area contributed by atoms with Gasteiger partial charge in [0.1, 0.15) is 0 Å². The van der Waals surface area contributed by atoms with Crippen LogP contribution in [0.25, 0.3) is 32.5 Å². The van der Waals surface area contributed by atoms with Gasteiger partial charge in [0.05, 0.1) is 39.6 Å². The van der Waals surface area contributed by atoms with E-state index in [4.69, 9.17) is 4.98 Å². The molecule has 0 unspecified atom stereocenters. The molecule has 6 rings (SSSR count). The molecule has 7 nitrogen and oxygen atoms in total. The Morgan fingerprint density at radius 3 is 2.56 bits per heavy atom. The van der Waals surface area contributed by atoms with Gasteiger partial charge >= 0.3 is 0 Å². The molecule has 0 radical (unpaired) electrons. The second-order valence-electron chi connectivity index (χ2n) is 7.76. The van der Waals surface area contributed by atoms with Crippen molar-refractivity contribution >= 4 is 43.6 Å². The standard InChI is InChI=1S/C26H18N6OS/c33-25(31-26-30-21-8-4-5-9-23(21)34-26)19-14-22(18-6-2-1-3-7-18)29-24-20(19)15-28-32(24)16-17-10-12-27-13-11-17/h1-15H,16H2,(H,30,31,33). The Bertz CT molecular complexity index is 1590. The zero-order chi connectivity index (χ0) is 22.9. The predicted octanol–water partition coefficient (Wildman–Crippen LogP) is 5.40. The highest BCUT2D eigenvalue weighted by atomic mass is 32.1. The Morgan fingerprint density at radius 2 is 1.74 bits per heavy atom. The van der Waals surface area contributed by atoms with E-state index in [1.807, 2.05) is 77.5 Å². The van der Waals surface area contributed by atoms with Crippen molar-refractivity contribution in [2.24, 2.45) is 0 Å². The number of para-hydroxylation sites is 1. The number of hydrogen-bond acceptors (Lipinski definition) is 6. The van der Waals surface area contributed by atoms with Gasteiger partial charge in [-0.15, -0.1) is 0 Å². The molecule has 8 heteroatoms. The summed E-state index contributed by atoms with van der Waals surface area (Å²) < 4.78 is 2.83. The van der Waals surface area contributed by atoms with Gasteiger partial charge in [0, 0.05) is 18.0 Å². The lowest BCUT2D eigenvalue weighted by Gasteiger charge is -2.09. The van der Waals surface area contributed by atoms with Crippen molar-refractivity contribution in [3.63, 3.8) is 0 Å². The van der Waals surface area contributed by atoms with Gasteiger partial charge in [-0.05, 0) is 35.9 Å². The molecule has 0 aliphatic heterocycles. The first-order valence-electron chi connectivity index (χ1n) is 10.7. The number of anilines is 1. The zero-order valence-corrected chi connectivity index (χ0v) is 18.7. The normalized spacial score (nSPS) is 11.2. The average Bonchev–Trinajstić information content (AvgIpc) is 3.48. The molecule has 6 aromatic rings. The smallest absolute Gasteiger partial charge is 0.258 e. The summed E-state index contributed by atoms with van der Waals surface area (Å²) in [4.78, 5) is 26.9. The number of aromatic nitrogens is 5. The zero-order valence-electron chi connectivity index (χ0n) is 17.9. The maximum atomic E-state index is 13.4. The fourth-order valence-electron chi connectivity index (χ4n) is 3.86. The number of fused-ring (bicyclic) bond motifs is 2. The first-order valence-corrected chi connectivity index (χ1v) is 11.5. The molecule has 4 aromatic heterocycles. The number of amides is 1. The Morgan fingerprint density at radius 1 is 0.941 bits per heavy atom. The van der Waals surface area contributed by atoms with Gasteiger partial charge in [0.2, 0.25) is 0 Å². The average molecular weight is 463 g/mol. The van der Waals surface area contributed by atoms with Gasteiger partial charge in [-0.2, -0.15) is 5.10 Å². The first-order chi connectivity index (χ1) is 16.7. The van der Waals surface area contributed by atoms with E-state index in [1.165, 1.54) is 11.3 Å². The fourth-order valence-corrected chi connectivity index (χ4v) is 4.72. The van der Waals surface area contributed by atoms with Crippen LogP contribution in [0.4, 0.5) is 5.13 Å². The molecule has 1 N–H and O–H groups in total. The molecule has 0 aliphatic rings. The molecule has 0 saturated heterocycles.